The van der Waals surface area contributed by atoms with Crippen molar-refractivity contribution in [2.45, 2.75) is 12.3 Å². The second-order valence-electron chi connectivity index (χ2n) is 7.65. The molecule has 0 radical (unpaired) electrons. The lowest BCUT2D eigenvalue weighted by atomic mass is 9.99. The molecule has 154 valence electrons. The van der Waals surface area contributed by atoms with Crippen LogP contribution in [0.25, 0.3) is 32.9 Å². The Labute approximate surface area is 183 Å². The summed E-state index contributed by atoms with van der Waals surface area (Å²) in [7, 11) is 0. The topological polar surface area (TPSA) is 79.0 Å². The summed E-state index contributed by atoms with van der Waals surface area (Å²) in [6, 6.07) is 13.2. The number of carbonyl (C=O) groups excluding carboxylic acids is 1. The van der Waals surface area contributed by atoms with Gasteiger partial charge in [0.1, 0.15) is 5.82 Å². The van der Waals surface area contributed by atoms with Gasteiger partial charge in [-0.3, -0.25) is 14.6 Å². The van der Waals surface area contributed by atoms with E-state index in [4.69, 9.17) is 11.6 Å². The number of likely N-dealkylation sites (tertiary alicyclic amines) is 1. The second kappa shape index (κ2) is 7.63. The number of amides is 1. The number of aromatic nitrogens is 3. The molecular weight excluding hydrogens is 412 g/mol. The van der Waals surface area contributed by atoms with E-state index in [1.54, 1.807) is 23.2 Å². The number of hydrogen-bond donors (Lipinski definition) is 1. The summed E-state index contributed by atoms with van der Waals surface area (Å²) in [4.78, 5) is 38.5. The first-order chi connectivity index (χ1) is 15.0. The van der Waals surface area contributed by atoms with E-state index in [9.17, 15) is 9.59 Å². The van der Waals surface area contributed by atoms with Crippen LogP contribution in [0.3, 0.4) is 0 Å². The van der Waals surface area contributed by atoms with E-state index in [0.29, 0.717) is 34.8 Å². The molecule has 31 heavy (non-hydrogen) atoms. The molecule has 1 aliphatic rings. The van der Waals surface area contributed by atoms with Crippen molar-refractivity contribution in [3.63, 3.8) is 0 Å². The number of H-pyrrole nitrogens is 1. The van der Waals surface area contributed by atoms with Crippen LogP contribution in [0, 0.1) is 0 Å². The standard InChI is InChI=1S/C24H19ClN4O2/c1-2-22(30)29-10-8-14(13-29)23-27-21-12-19(25)17(11-18(21)24(31)28-23)15-5-3-7-20-16(15)6-4-9-26-20/h2-7,9,11-12,14H,1,8,10,13H2,(H,27,28,31). The van der Waals surface area contributed by atoms with Crippen molar-refractivity contribution < 1.29 is 4.79 Å². The highest BCUT2D eigenvalue weighted by Gasteiger charge is 2.28. The Hall–Kier alpha value is -3.51. The summed E-state index contributed by atoms with van der Waals surface area (Å²) in [5.41, 5.74) is 2.86. The lowest BCUT2D eigenvalue weighted by Crippen LogP contribution is -2.26. The summed E-state index contributed by atoms with van der Waals surface area (Å²) in [5.74, 6) is 0.446. The minimum Gasteiger partial charge on any atom is -0.338 e. The van der Waals surface area contributed by atoms with Gasteiger partial charge in [0.05, 0.1) is 21.4 Å². The third-order valence-corrected chi connectivity index (χ3v) is 6.12. The third-order valence-electron chi connectivity index (χ3n) is 5.81. The molecule has 0 spiro atoms. The summed E-state index contributed by atoms with van der Waals surface area (Å²) in [6.07, 6.45) is 3.79. The average Bonchev–Trinajstić information content (AvgIpc) is 3.28. The maximum Gasteiger partial charge on any atom is 0.258 e. The largest absolute Gasteiger partial charge is 0.338 e. The predicted molar refractivity (Wildman–Crippen MR) is 122 cm³/mol. The SMILES string of the molecule is C=CC(=O)N1CCC(c2nc3cc(Cl)c(-c4cccc5ncccc45)cc3c(=O)[nH]2)C1. The van der Waals surface area contributed by atoms with Crippen molar-refractivity contribution in [2.24, 2.45) is 0 Å². The van der Waals surface area contributed by atoms with E-state index in [2.05, 4.69) is 21.5 Å². The van der Waals surface area contributed by atoms with Crippen molar-refractivity contribution in [3.8, 4) is 11.1 Å². The molecule has 5 rings (SSSR count). The monoisotopic (exact) mass is 430 g/mol. The van der Waals surface area contributed by atoms with Gasteiger partial charge in [-0.05, 0) is 42.3 Å². The van der Waals surface area contributed by atoms with Crippen LogP contribution in [0.4, 0.5) is 0 Å². The van der Waals surface area contributed by atoms with Crippen LogP contribution in [0.15, 0.2) is 66.1 Å². The molecule has 1 saturated heterocycles. The summed E-state index contributed by atoms with van der Waals surface area (Å²) >= 11 is 6.65. The van der Waals surface area contributed by atoms with Crippen LogP contribution >= 0.6 is 11.6 Å². The molecule has 1 aliphatic heterocycles. The zero-order valence-corrected chi connectivity index (χ0v) is 17.4. The zero-order valence-electron chi connectivity index (χ0n) is 16.6. The number of hydrogen-bond acceptors (Lipinski definition) is 4. The highest BCUT2D eigenvalue weighted by Crippen LogP contribution is 2.35. The number of carbonyl (C=O) groups is 1. The number of nitrogens with one attached hydrogen (secondary N) is 1. The molecule has 1 amide bonds. The molecule has 1 N–H and O–H groups in total. The van der Waals surface area contributed by atoms with Gasteiger partial charge in [0.2, 0.25) is 5.91 Å². The third kappa shape index (κ3) is 3.39. The Bertz CT molecular complexity index is 1410. The highest BCUT2D eigenvalue weighted by atomic mass is 35.5. The van der Waals surface area contributed by atoms with E-state index < -0.39 is 0 Å². The first kappa shape index (κ1) is 19.5. The van der Waals surface area contributed by atoms with E-state index >= 15 is 0 Å². The Morgan fingerprint density at radius 3 is 2.87 bits per heavy atom. The van der Waals surface area contributed by atoms with Gasteiger partial charge in [-0.25, -0.2) is 4.98 Å². The van der Waals surface area contributed by atoms with Gasteiger partial charge in [0.15, 0.2) is 0 Å². The van der Waals surface area contributed by atoms with Crippen LogP contribution in [0.1, 0.15) is 18.2 Å². The molecule has 0 aliphatic carbocycles. The number of pyridine rings is 1. The van der Waals surface area contributed by atoms with Gasteiger partial charge in [-0.1, -0.05) is 36.4 Å². The highest BCUT2D eigenvalue weighted by molar-refractivity contribution is 6.34. The molecule has 6 nitrogen and oxygen atoms in total. The van der Waals surface area contributed by atoms with Crippen molar-refractivity contribution in [3.05, 3.63) is 82.5 Å². The Balaban J connectivity index is 1.59. The van der Waals surface area contributed by atoms with Gasteiger partial charge >= 0.3 is 0 Å². The van der Waals surface area contributed by atoms with Gasteiger partial charge < -0.3 is 9.88 Å². The number of aromatic amines is 1. The van der Waals surface area contributed by atoms with E-state index in [1.807, 2.05) is 30.3 Å². The molecule has 1 fully saturated rings. The maximum absolute atomic E-state index is 12.9. The van der Waals surface area contributed by atoms with Crippen molar-refractivity contribution in [1.29, 1.82) is 0 Å². The molecule has 1 atom stereocenters. The van der Waals surface area contributed by atoms with Crippen LogP contribution in [-0.2, 0) is 4.79 Å². The first-order valence-corrected chi connectivity index (χ1v) is 10.4. The Kier molecular flexibility index (Phi) is 4.79. The van der Waals surface area contributed by atoms with Crippen LogP contribution < -0.4 is 5.56 Å². The van der Waals surface area contributed by atoms with Crippen molar-refractivity contribution >= 4 is 39.3 Å². The van der Waals surface area contributed by atoms with Crippen LogP contribution in [-0.4, -0.2) is 38.8 Å². The predicted octanol–water partition coefficient (Wildman–Crippen LogP) is 4.29. The quantitative estimate of drug-likeness (QED) is 0.491. The molecule has 4 aromatic rings. The van der Waals surface area contributed by atoms with Crippen molar-refractivity contribution in [1.82, 2.24) is 19.9 Å². The summed E-state index contributed by atoms with van der Waals surface area (Å²) in [5, 5.41) is 1.95. The number of rotatable bonds is 3. The lowest BCUT2D eigenvalue weighted by Gasteiger charge is -2.14. The molecule has 1 unspecified atom stereocenters. The molecule has 2 aromatic heterocycles. The van der Waals surface area contributed by atoms with Crippen molar-refractivity contribution in [2.75, 3.05) is 13.1 Å². The van der Waals surface area contributed by atoms with Crippen LogP contribution in [0.2, 0.25) is 5.02 Å². The minimum absolute atomic E-state index is 0.0245. The summed E-state index contributed by atoms with van der Waals surface area (Å²) < 4.78 is 0. The smallest absolute Gasteiger partial charge is 0.258 e. The van der Waals surface area contributed by atoms with E-state index in [-0.39, 0.29) is 17.4 Å². The van der Waals surface area contributed by atoms with Gasteiger partial charge in [0.25, 0.3) is 5.56 Å². The Morgan fingerprint density at radius 1 is 1.16 bits per heavy atom. The average molecular weight is 431 g/mol. The normalized spacial score (nSPS) is 16.2. The van der Waals surface area contributed by atoms with Crippen LogP contribution in [0.5, 0.6) is 0 Å². The fourth-order valence-corrected chi connectivity index (χ4v) is 4.49. The van der Waals surface area contributed by atoms with E-state index in [1.165, 1.54) is 6.08 Å². The first-order valence-electron chi connectivity index (χ1n) is 10.0. The molecule has 0 bridgehead atoms. The molecule has 7 heteroatoms. The molecule has 0 saturated carbocycles. The summed E-state index contributed by atoms with van der Waals surface area (Å²) in [6.45, 7) is 4.66. The zero-order chi connectivity index (χ0) is 21.5. The lowest BCUT2D eigenvalue weighted by molar-refractivity contribution is -0.125. The molecule has 3 heterocycles. The van der Waals surface area contributed by atoms with E-state index in [0.717, 1.165) is 28.5 Å². The second-order valence-corrected chi connectivity index (χ2v) is 8.06. The molecular formula is C24H19ClN4O2. The number of halogens is 1. The van der Waals surface area contributed by atoms with Gasteiger partial charge in [-0.15, -0.1) is 0 Å². The number of benzene rings is 2. The van der Waals surface area contributed by atoms with Gasteiger partial charge in [0, 0.05) is 36.2 Å². The maximum atomic E-state index is 12.9. The molecule has 2 aromatic carbocycles. The minimum atomic E-state index is -0.218. The number of fused-ring (bicyclic) bond motifs is 2. The van der Waals surface area contributed by atoms with Gasteiger partial charge in [-0.2, -0.15) is 0 Å². The fourth-order valence-electron chi connectivity index (χ4n) is 4.23. The Morgan fingerprint density at radius 2 is 2.03 bits per heavy atom. The number of nitrogens with zero attached hydrogens (tertiary/aromatic N) is 3. The fraction of sp³-hybridized carbons (Fsp3) is 0.167.